The minimum Gasteiger partial charge on any atom is -0.423 e. The van der Waals surface area contributed by atoms with Crippen molar-refractivity contribution in [3.05, 3.63) is 88.3 Å². The Bertz CT molecular complexity index is 1380. The monoisotopic (exact) mass is 592 g/mol. The van der Waals surface area contributed by atoms with Gasteiger partial charge in [-0.15, -0.1) is 17.9 Å². The third-order valence-electron chi connectivity index (χ3n) is 5.61. The first-order valence-electron chi connectivity index (χ1n) is 10.4. The molecule has 1 aliphatic heterocycles. The fourth-order valence-corrected chi connectivity index (χ4v) is 6.31. The molecule has 9 heteroatoms. The van der Waals surface area contributed by atoms with Gasteiger partial charge in [-0.25, -0.2) is 9.25 Å². The van der Waals surface area contributed by atoms with Crippen LogP contribution in [0.25, 0.3) is 20.5 Å². The summed E-state index contributed by atoms with van der Waals surface area (Å²) >= 11 is 3.71. The highest BCUT2D eigenvalue weighted by atomic mass is 127. The molecule has 0 spiro atoms. The average Bonchev–Trinajstić information content (AvgIpc) is 3.47. The third kappa shape index (κ3) is 4.47. The van der Waals surface area contributed by atoms with Crippen LogP contribution in [0.15, 0.2) is 70.2 Å². The Hall–Kier alpha value is -1.84. The molecule has 1 aromatic carbocycles. The molecule has 0 radical (unpaired) electrons. The van der Waals surface area contributed by atoms with Crippen LogP contribution >= 0.6 is 39.8 Å². The number of benzene rings is 1. The highest BCUT2D eigenvalue weighted by Gasteiger charge is 2.43. The molecule has 1 aliphatic rings. The Morgan fingerprint density at radius 2 is 2.21 bits per heavy atom. The van der Waals surface area contributed by atoms with Gasteiger partial charge in [0, 0.05) is 34.0 Å². The summed E-state index contributed by atoms with van der Waals surface area (Å²) in [5.41, 5.74) is 2.58. The largest absolute Gasteiger partial charge is 0.423 e. The first kappa shape index (κ1) is 22.9. The normalized spacial score (nSPS) is 18.2. The van der Waals surface area contributed by atoms with Gasteiger partial charge in [-0.2, -0.15) is 5.10 Å². The maximum atomic E-state index is 13.1. The van der Waals surface area contributed by atoms with Gasteiger partial charge < -0.3 is 13.9 Å². The van der Waals surface area contributed by atoms with Crippen molar-refractivity contribution in [1.29, 1.82) is 0 Å². The van der Waals surface area contributed by atoms with E-state index in [1.54, 1.807) is 0 Å². The Kier molecular flexibility index (Phi) is 6.55. The summed E-state index contributed by atoms with van der Waals surface area (Å²) < 4.78 is 21.0. The van der Waals surface area contributed by atoms with Crippen LogP contribution in [-0.2, 0) is 28.3 Å². The summed E-state index contributed by atoms with van der Waals surface area (Å²) in [5.74, 6) is 0.555. The van der Waals surface area contributed by atoms with Crippen molar-refractivity contribution in [2.24, 2.45) is 0 Å². The number of fused-ring (bicyclic) bond motifs is 3. The zero-order valence-electron chi connectivity index (χ0n) is 18.0. The third-order valence-corrected chi connectivity index (χ3v) is 8.67. The van der Waals surface area contributed by atoms with E-state index in [4.69, 9.17) is 13.9 Å². The van der Waals surface area contributed by atoms with Crippen LogP contribution < -0.4 is 5.63 Å². The van der Waals surface area contributed by atoms with Crippen LogP contribution in [0.4, 0.5) is 0 Å². The molecule has 0 amide bonds. The molecular formula is C24H22IN2O4PS. The van der Waals surface area contributed by atoms with Crippen molar-refractivity contribution in [3.63, 3.8) is 0 Å². The number of nitrogens with zero attached hydrogens (tertiary/aromatic N) is 2. The molecule has 3 aromatic heterocycles. The van der Waals surface area contributed by atoms with E-state index in [1.165, 1.54) is 11.3 Å². The minimum atomic E-state index is -0.905. The van der Waals surface area contributed by atoms with E-state index in [0.29, 0.717) is 43.1 Å². The molecule has 33 heavy (non-hydrogen) atoms. The Morgan fingerprint density at radius 1 is 1.39 bits per heavy atom. The first-order chi connectivity index (χ1) is 16.0. The van der Waals surface area contributed by atoms with E-state index in [0.717, 1.165) is 32.5 Å². The predicted molar refractivity (Wildman–Crippen MR) is 141 cm³/mol. The number of thiophene rings is 1. The van der Waals surface area contributed by atoms with Crippen molar-refractivity contribution in [2.75, 3.05) is 6.61 Å². The van der Waals surface area contributed by atoms with Gasteiger partial charge in [-0.3, -0.25) is 0 Å². The van der Waals surface area contributed by atoms with E-state index < -0.39 is 5.60 Å². The maximum absolute atomic E-state index is 13.1. The summed E-state index contributed by atoms with van der Waals surface area (Å²) in [7, 11) is 0. The maximum Gasteiger partial charge on any atom is 0.354 e. The number of rotatable bonds is 7. The molecule has 5 rings (SSSR count). The fraction of sp³-hybridized carbons (Fsp3) is 0.250. The molecule has 0 bridgehead atoms. The van der Waals surface area contributed by atoms with E-state index in [2.05, 4.69) is 33.7 Å². The zero-order valence-corrected chi connectivity index (χ0v) is 21.9. The van der Waals surface area contributed by atoms with Gasteiger partial charge in [-0.1, -0.05) is 35.9 Å². The van der Waals surface area contributed by atoms with Crippen molar-refractivity contribution in [1.82, 2.24) is 9.55 Å². The van der Waals surface area contributed by atoms with Gasteiger partial charge in [-0.05, 0) is 40.6 Å². The van der Waals surface area contributed by atoms with Crippen LogP contribution in [0.2, 0.25) is 0 Å². The van der Waals surface area contributed by atoms with Gasteiger partial charge in [0.05, 0.1) is 32.4 Å². The topological polar surface area (TPSA) is 66.5 Å². The Morgan fingerprint density at radius 3 is 2.94 bits per heavy atom. The predicted octanol–water partition coefficient (Wildman–Crippen LogP) is 6.42. The number of ether oxygens (including phenoxy) is 2. The summed E-state index contributed by atoms with van der Waals surface area (Å²) in [4.78, 5) is 14.1. The van der Waals surface area contributed by atoms with E-state index in [-0.39, 0.29) is 5.63 Å². The van der Waals surface area contributed by atoms with Gasteiger partial charge in [0.15, 0.2) is 5.60 Å². The Balaban J connectivity index is 1.61. The van der Waals surface area contributed by atoms with Crippen LogP contribution in [0.3, 0.4) is 0 Å². The summed E-state index contributed by atoms with van der Waals surface area (Å²) in [6.45, 7) is 7.10. The number of halogens is 1. The zero-order chi connectivity index (χ0) is 23.0. The van der Waals surface area contributed by atoms with Crippen molar-refractivity contribution in [3.8, 4) is 10.4 Å². The SMILES string of the molecule is C=C(C)CC1(OCc2ccccc2)COCc2c1oc(=O)c1sc(-c3cnn(PI)c3)cc21. The van der Waals surface area contributed by atoms with Crippen LogP contribution in [0, 0.1) is 0 Å². The second-order valence-corrected chi connectivity index (χ2v) is 11.3. The summed E-state index contributed by atoms with van der Waals surface area (Å²) in [6.07, 6.45) is 4.84. The van der Waals surface area contributed by atoms with Gasteiger partial charge in [0.1, 0.15) is 10.5 Å². The van der Waals surface area contributed by atoms with Gasteiger partial charge >= 0.3 is 5.63 Å². The summed E-state index contributed by atoms with van der Waals surface area (Å²) in [6, 6.07) is 12.0. The highest BCUT2D eigenvalue weighted by Crippen LogP contribution is 2.43. The quantitative estimate of drug-likeness (QED) is 0.141. The Labute approximate surface area is 209 Å². The smallest absolute Gasteiger partial charge is 0.354 e. The minimum absolute atomic E-state index is 0.300. The molecular weight excluding hydrogens is 570 g/mol. The molecule has 6 nitrogen and oxygen atoms in total. The molecule has 0 saturated heterocycles. The standard InChI is InChI=1S/C24H22IN2O4PS/c1-15(2)9-24(30-12-16-6-4-3-5-7-16)14-29-13-19-18-8-20(17-10-26-27(11-17)32-25)33-21(18)23(28)31-22(19)24/h3-8,10-11,32H,1,9,12-14H2,2H3. The van der Waals surface area contributed by atoms with Crippen molar-refractivity contribution < 1.29 is 13.9 Å². The second kappa shape index (κ2) is 9.43. The fourth-order valence-electron chi connectivity index (χ4n) is 4.20. The number of hydrogen-bond donors (Lipinski definition) is 0. The lowest BCUT2D eigenvalue weighted by Gasteiger charge is -2.37. The van der Waals surface area contributed by atoms with Gasteiger partial charge in [0.25, 0.3) is 0 Å². The van der Waals surface area contributed by atoms with Crippen LogP contribution in [-0.4, -0.2) is 16.2 Å². The first-order valence-corrected chi connectivity index (χ1v) is 15.3. The lowest BCUT2D eigenvalue weighted by molar-refractivity contribution is -0.141. The van der Waals surface area contributed by atoms with E-state index >= 15 is 0 Å². The van der Waals surface area contributed by atoms with E-state index in [1.807, 2.05) is 60.2 Å². The molecule has 0 aliphatic carbocycles. The molecule has 0 saturated carbocycles. The van der Waals surface area contributed by atoms with Crippen molar-refractivity contribution in [2.45, 2.75) is 32.2 Å². The van der Waals surface area contributed by atoms with Crippen LogP contribution in [0.5, 0.6) is 0 Å². The lowest BCUT2D eigenvalue weighted by atomic mass is 9.87. The molecule has 0 N–H and O–H groups in total. The molecule has 2 unspecified atom stereocenters. The molecule has 4 heterocycles. The molecule has 4 aromatic rings. The van der Waals surface area contributed by atoms with E-state index in [9.17, 15) is 4.79 Å². The lowest BCUT2D eigenvalue weighted by Crippen LogP contribution is -2.40. The van der Waals surface area contributed by atoms with Gasteiger partial charge in [0.2, 0.25) is 0 Å². The number of aromatic nitrogens is 2. The molecule has 0 fully saturated rings. The average molecular weight is 592 g/mol. The van der Waals surface area contributed by atoms with Crippen molar-refractivity contribution >= 4 is 49.8 Å². The number of hydrogen-bond acceptors (Lipinski definition) is 6. The second-order valence-electron chi connectivity index (χ2n) is 8.20. The van der Waals surface area contributed by atoms with Crippen LogP contribution in [0.1, 0.15) is 30.2 Å². The summed E-state index contributed by atoms with van der Waals surface area (Å²) in [5, 5.41) is 5.23. The highest BCUT2D eigenvalue weighted by molar-refractivity contribution is 14.2. The molecule has 2 atom stereocenters. The molecule has 170 valence electrons.